The first-order valence-corrected chi connectivity index (χ1v) is 5.99. The van der Waals surface area contributed by atoms with E-state index < -0.39 is 0 Å². The molecule has 1 aliphatic rings. The minimum atomic E-state index is -0.317. The highest BCUT2D eigenvalue weighted by Crippen LogP contribution is 2.32. The van der Waals surface area contributed by atoms with Gasteiger partial charge in [-0.3, -0.25) is 0 Å². The van der Waals surface area contributed by atoms with Crippen molar-refractivity contribution in [3.05, 3.63) is 17.9 Å². The van der Waals surface area contributed by atoms with Crippen LogP contribution in [0.15, 0.2) is 12.1 Å². The Hall–Kier alpha value is -1.45. The maximum absolute atomic E-state index is 13.7. The highest BCUT2D eigenvalue weighted by molar-refractivity contribution is 5.62. The van der Waals surface area contributed by atoms with Gasteiger partial charge in [0.05, 0.1) is 18.5 Å². The second-order valence-corrected chi connectivity index (χ2v) is 4.83. The van der Waals surface area contributed by atoms with Crippen LogP contribution in [-0.4, -0.2) is 13.2 Å². The third-order valence-corrected chi connectivity index (χ3v) is 3.37. The van der Waals surface area contributed by atoms with E-state index >= 15 is 0 Å². The zero-order valence-corrected chi connectivity index (χ0v) is 10.3. The molecule has 0 bridgehead atoms. The summed E-state index contributed by atoms with van der Waals surface area (Å²) in [5.41, 5.74) is 6.45. The number of ether oxygens (including phenoxy) is 1. The molecule has 94 valence electrons. The predicted molar refractivity (Wildman–Crippen MR) is 67.8 cm³/mol. The Balaban J connectivity index is 2.15. The molecule has 0 heterocycles. The first kappa shape index (κ1) is 12.0. The van der Waals surface area contributed by atoms with Gasteiger partial charge in [-0.1, -0.05) is 6.92 Å². The second kappa shape index (κ2) is 4.82. The molecule has 0 saturated heterocycles. The molecule has 0 amide bonds. The minimum absolute atomic E-state index is 0.317. The Kier molecular flexibility index (Phi) is 3.41. The zero-order chi connectivity index (χ0) is 12.4. The highest BCUT2D eigenvalue weighted by atomic mass is 19.1. The fourth-order valence-electron chi connectivity index (χ4n) is 2.41. The number of nitrogens with one attached hydrogen (secondary N) is 1. The van der Waals surface area contributed by atoms with Gasteiger partial charge in [-0.15, -0.1) is 0 Å². The van der Waals surface area contributed by atoms with Gasteiger partial charge in [0, 0.05) is 18.2 Å². The van der Waals surface area contributed by atoms with Crippen LogP contribution in [0.25, 0.3) is 0 Å². The number of hydrogen-bond acceptors (Lipinski definition) is 3. The van der Waals surface area contributed by atoms with Crippen LogP contribution < -0.4 is 15.8 Å². The Bertz CT molecular complexity index is 409. The molecule has 3 nitrogen and oxygen atoms in total. The van der Waals surface area contributed by atoms with Crippen molar-refractivity contribution in [3.8, 4) is 5.75 Å². The van der Waals surface area contributed by atoms with Crippen LogP contribution in [0.1, 0.15) is 26.2 Å². The van der Waals surface area contributed by atoms with Gasteiger partial charge in [0.2, 0.25) is 0 Å². The smallest absolute Gasteiger partial charge is 0.148 e. The number of hydrogen-bond donors (Lipinski definition) is 2. The van der Waals surface area contributed by atoms with E-state index in [1.807, 2.05) is 0 Å². The van der Waals surface area contributed by atoms with Crippen molar-refractivity contribution in [2.75, 3.05) is 18.2 Å². The van der Waals surface area contributed by atoms with Crippen LogP contribution >= 0.6 is 0 Å². The third kappa shape index (κ3) is 2.62. The van der Waals surface area contributed by atoms with Crippen molar-refractivity contribution < 1.29 is 9.13 Å². The lowest BCUT2D eigenvalue weighted by atomic mass is 10.1. The normalized spacial score (nSPS) is 23.7. The molecule has 17 heavy (non-hydrogen) atoms. The van der Waals surface area contributed by atoms with Crippen molar-refractivity contribution >= 4 is 11.4 Å². The van der Waals surface area contributed by atoms with Crippen molar-refractivity contribution in [2.45, 2.75) is 32.2 Å². The van der Waals surface area contributed by atoms with Crippen molar-refractivity contribution in [2.24, 2.45) is 5.92 Å². The van der Waals surface area contributed by atoms with Crippen molar-refractivity contribution in [1.29, 1.82) is 0 Å². The molecule has 1 fully saturated rings. The Labute approximate surface area is 101 Å². The monoisotopic (exact) mass is 238 g/mol. The molecule has 1 aromatic rings. The summed E-state index contributed by atoms with van der Waals surface area (Å²) in [5, 5.41) is 3.23. The Morgan fingerprint density at radius 1 is 1.41 bits per heavy atom. The van der Waals surface area contributed by atoms with Crippen LogP contribution in [0.4, 0.5) is 15.8 Å². The molecule has 0 radical (unpaired) electrons. The van der Waals surface area contributed by atoms with Crippen LogP contribution in [0.5, 0.6) is 5.75 Å². The number of rotatable bonds is 3. The summed E-state index contributed by atoms with van der Waals surface area (Å²) in [6.07, 6.45) is 3.38. The standard InChI is InChI=1S/C13H19FN2O/c1-8-3-4-9(5-8)16-12-7-13(17-2)11(15)6-10(12)14/h6-9,16H,3-5,15H2,1-2H3. The summed E-state index contributed by atoms with van der Waals surface area (Å²) in [4.78, 5) is 0. The van der Waals surface area contributed by atoms with Crippen molar-refractivity contribution in [1.82, 2.24) is 0 Å². The molecule has 1 aromatic carbocycles. The number of benzene rings is 1. The van der Waals surface area contributed by atoms with Gasteiger partial charge >= 0.3 is 0 Å². The molecule has 1 aliphatic carbocycles. The lowest BCUT2D eigenvalue weighted by Gasteiger charge is -2.16. The predicted octanol–water partition coefficient (Wildman–Crippen LogP) is 3.02. The zero-order valence-electron chi connectivity index (χ0n) is 10.3. The van der Waals surface area contributed by atoms with Gasteiger partial charge < -0.3 is 15.8 Å². The van der Waals surface area contributed by atoms with Crippen LogP contribution in [0, 0.1) is 11.7 Å². The number of halogens is 1. The third-order valence-electron chi connectivity index (χ3n) is 3.37. The number of nitrogens with two attached hydrogens (primary N) is 1. The Morgan fingerprint density at radius 3 is 2.76 bits per heavy atom. The van der Waals surface area contributed by atoms with Crippen molar-refractivity contribution in [3.63, 3.8) is 0 Å². The fraction of sp³-hybridized carbons (Fsp3) is 0.538. The summed E-state index contributed by atoms with van der Waals surface area (Å²) in [6, 6.07) is 3.29. The maximum Gasteiger partial charge on any atom is 0.148 e. The first-order valence-electron chi connectivity index (χ1n) is 5.99. The van der Waals surface area contributed by atoms with Gasteiger partial charge in [0.1, 0.15) is 11.6 Å². The average molecular weight is 238 g/mol. The topological polar surface area (TPSA) is 47.3 Å². The summed E-state index contributed by atoms with van der Waals surface area (Å²) in [5.74, 6) is 0.911. The molecule has 0 aromatic heterocycles. The number of methoxy groups -OCH3 is 1. The van der Waals surface area contributed by atoms with Gasteiger partial charge in [0.25, 0.3) is 0 Å². The molecular weight excluding hydrogens is 219 g/mol. The van der Waals surface area contributed by atoms with Crippen LogP contribution in [0.2, 0.25) is 0 Å². The lowest BCUT2D eigenvalue weighted by molar-refractivity contribution is 0.416. The SMILES string of the molecule is COc1cc(NC2CCC(C)C2)c(F)cc1N. The van der Waals surface area contributed by atoms with Crippen LogP contribution in [-0.2, 0) is 0 Å². The summed E-state index contributed by atoms with van der Waals surface area (Å²) in [7, 11) is 1.53. The van der Waals surface area contributed by atoms with E-state index in [4.69, 9.17) is 10.5 Å². The largest absolute Gasteiger partial charge is 0.495 e. The quantitative estimate of drug-likeness (QED) is 0.796. The van der Waals surface area contributed by atoms with E-state index in [1.54, 1.807) is 6.07 Å². The first-order chi connectivity index (χ1) is 8.10. The summed E-state index contributed by atoms with van der Waals surface area (Å²) < 4.78 is 18.8. The molecule has 0 aliphatic heterocycles. The molecule has 2 rings (SSSR count). The average Bonchev–Trinajstić information content (AvgIpc) is 2.68. The maximum atomic E-state index is 13.7. The Morgan fingerprint density at radius 2 is 2.18 bits per heavy atom. The van der Waals surface area contributed by atoms with E-state index in [0.717, 1.165) is 12.8 Å². The number of anilines is 2. The molecule has 2 unspecified atom stereocenters. The lowest BCUT2D eigenvalue weighted by Crippen LogP contribution is -2.16. The van der Waals surface area contributed by atoms with Gasteiger partial charge in [-0.05, 0) is 25.2 Å². The van der Waals surface area contributed by atoms with E-state index in [1.165, 1.54) is 19.6 Å². The molecule has 2 atom stereocenters. The van der Waals surface area contributed by atoms with Gasteiger partial charge in [-0.2, -0.15) is 0 Å². The summed E-state index contributed by atoms with van der Waals surface area (Å²) in [6.45, 7) is 2.22. The fourth-order valence-corrected chi connectivity index (χ4v) is 2.41. The van der Waals surface area contributed by atoms with E-state index in [9.17, 15) is 4.39 Å². The molecule has 3 N–H and O–H groups in total. The minimum Gasteiger partial charge on any atom is -0.495 e. The molecular formula is C13H19FN2O. The second-order valence-electron chi connectivity index (χ2n) is 4.83. The molecule has 1 saturated carbocycles. The van der Waals surface area contributed by atoms with E-state index in [0.29, 0.717) is 29.1 Å². The molecule has 4 heteroatoms. The number of nitrogen functional groups attached to an aromatic ring is 1. The van der Waals surface area contributed by atoms with Gasteiger partial charge in [-0.25, -0.2) is 4.39 Å². The van der Waals surface area contributed by atoms with Gasteiger partial charge in [0.15, 0.2) is 0 Å². The van der Waals surface area contributed by atoms with E-state index in [2.05, 4.69) is 12.2 Å². The molecule has 0 spiro atoms. The highest BCUT2D eigenvalue weighted by Gasteiger charge is 2.22. The van der Waals surface area contributed by atoms with E-state index in [-0.39, 0.29) is 5.82 Å². The summed E-state index contributed by atoms with van der Waals surface area (Å²) >= 11 is 0. The van der Waals surface area contributed by atoms with Crippen LogP contribution in [0.3, 0.4) is 0 Å².